The number of rotatable bonds is 3. The molecule has 1 amide bonds. The molecule has 1 aromatic carbocycles. The summed E-state index contributed by atoms with van der Waals surface area (Å²) in [7, 11) is 0. The highest BCUT2D eigenvalue weighted by molar-refractivity contribution is 6.03. The zero-order chi connectivity index (χ0) is 16.1. The maximum absolute atomic E-state index is 12.4. The van der Waals surface area contributed by atoms with E-state index in [2.05, 4.69) is 15.3 Å². The maximum atomic E-state index is 12.4. The van der Waals surface area contributed by atoms with Gasteiger partial charge in [-0.25, -0.2) is 9.97 Å². The molecular formula is C16H15N5O2. The molecule has 1 aliphatic heterocycles. The van der Waals surface area contributed by atoms with Gasteiger partial charge in [0.2, 0.25) is 5.95 Å². The van der Waals surface area contributed by atoms with Gasteiger partial charge in [0, 0.05) is 19.3 Å². The van der Waals surface area contributed by atoms with Crippen molar-refractivity contribution in [2.24, 2.45) is 0 Å². The maximum Gasteiger partial charge on any atom is 0.274 e. The first-order chi connectivity index (χ1) is 11.3. The van der Waals surface area contributed by atoms with Gasteiger partial charge in [-0.3, -0.25) is 4.79 Å². The van der Waals surface area contributed by atoms with E-state index in [-0.39, 0.29) is 11.6 Å². The molecular weight excluding hydrogens is 294 g/mol. The molecule has 1 fully saturated rings. The van der Waals surface area contributed by atoms with E-state index < -0.39 is 0 Å². The van der Waals surface area contributed by atoms with Crippen molar-refractivity contribution in [2.75, 3.05) is 36.5 Å². The first-order valence-corrected chi connectivity index (χ1v) is 7.24. The number of carbonyl (C=O) groups is 1. The minimum atomic E-state index is -0.371. The minimum absolute atomic E-state index is 0.259. The highest BCUT2D eigenvalue weighted by Crippen LogP contribution is 2.15. The van der Waals surface area contributed by atoms with Crippen LogP contribution in [0.5, 0.6) is 0 Å². The second-order valence-corrected chi connectivity index (χ2v) is 4.95. The van der Waals surface area contributed by atoms with Gasteiger partial charge >= 0.3 is 0 Å². The normalized spacial score (nSPS) is 14.1. The van der Waals surface area contributed by atoms with Crippen LogP contribution in [0.4, 0.5) is 11.6 Å². The van der Waals surface area contributed by atoms with Crippen molar-refractivity contribution in [3.8, 4) is 6.07 Å². The molecule has 0 unspecified atom stereocenters. The topological polar surface area (TPSA) is 91.1 Å². The predicted molar refractivity (Wildman–Crippen MR) is 84.2 cm³/mol. The average Bonchev–Trinajstić information content (AvgIpc) is 2.63. The standard InChI is InChI=1S/C16H15N5O2/c17-11-12-3-1-2-4-13(12)19-15(22)14-5-6-18-16(20-14)21-7-9-23-10-8-21/h1-6H,7-10H2,(H,19,22). The summed E-state index contributed by atoms with van der Waals surface area (Å²) in [6.45, 7) is 2.63. The summed E-state index contributed by atoms with van der Waals surface area (Å²) in [6.07, 6.45) is 1.56. The third-order valence-electron chi connectivity index (χ3n) is 3.47. The predicted octanol–water partition coefficient (Wildman–Crippen LogP) is 1.44. The van der Waals surface area contributed by atoms with Crippen LogP contribution in [0.3, 0.4) is 0 Å². The smallest absolute Gasteiger partial charge is 0.274 e. The molecule has 1 aromatic heterocycles. The van der Waals surface area contributed by atoms with Gasteiger partial charge in [0.1, 0.15) is 11.8 Å². The fourth-order valence-corrected chi connectivity index (χ4v) is 2.27. The first kappa shape index (κ1) is 14.9. The molecule has 1 N–H and O–H groups in total. The highest BCUT2D eigenvalue weighted by atomic mass is 16.5. The first-order valence-electron chi connectivity index (χ1n) is 7.24. The fraction of sp³-hybridized carbons (Fsp3) is 0.250. The van der Waals surface area contributed by atoms with E-state index in [1.807, 2.05) is 11.0 Å². The van der Waals surface area contributed by atoms with E-state index in [0.717, 1.165) is 0 Å². The number of amides is 1. The number of benzene rings is 1. The van der Waals surface area contributed by atoms with Crippen LogP contribution >= 0.6 is 0 Å². The van der Waals surface area contributed by atoms with Crippen molar-refractivity contribution in [3.05, 3.63) is 47.8 Å². The van der Waals surface area contributed by atoms with Crippen molar-refractivity contribution in [1.29, 1.82) is 5.26 Å². The van der Waals surface area contributed by atoms with Gasteiger partial charge in [-0.15, -0.1) is 0 Å². The lowest BCUT2D eigenvalue weighted by atomic mass is 10.2. The molecule has 0 spiro atoms. The number of morpholine rings is 1. The summed E-state index contributed by atoms with van der Waals surface area (Å²) >= 11 is 0. The second-order valence-electron chi connectivity index (χ2n) is 4.95. The van der Waals surface area contributed by atoms with Crippen LogP contribution < -0.4 is 10.2 Å². The quantitative estimate of drug-likeness (QED) is 0.922. The van der Waals surface area contributed by atoms with E-state index in [9.17, 15) is 4.79 Å². The van der Waals surface area contributed by atoms with Gasteiger partial charge < -0.3 is 15.0 Å². The summed E-state index contributed by atoms with van der Waals surface area (Å²) < 4.78 is 5.30. The fourth-order valence-electron chi connectivity index (χ4n) is 2.27. The van der Waals surface area contributed by atoms with E-state index in [1.54, 1.807) is 36.5 Å². The van der Waals surface area contributed by atoms with Crippen molar-refractivity contribution in [3.63, 3.8) is 0 Å². The number of nitrogens with zero attached hydrogens (tertiary/aromatic N) is 4. The molecule has 1 saturated heterocycles. The van der Waals surface area contributed by atoms with Gasteiger partial charge in [-0.05, 0) is 18.2 Å². The van der Waals surface area contributed by atoms with Crippen molar-refractivity contribution >= 4 is 17.5 Å². The van der Waals surface area contributed by atoms with Crippen LogP contribution in [0.25, 0.3) is 0 Å². The highest BCUT2D eigenvalue weighted by Gasteiger charge is 2.16. The number of nitriles is 1. The molecule has 0 saturated carbocycles. The SMILES string of the molecule is N#Cc1ccccc1NC(=O)c1ccnc(N2CCOCC2)n1. The van der Waals surface area contributed by atoms with Crippen LogP contribution in [0.1, 0.15) is 16.1 Å². The monoisotopic (exact) mass is 309 g/mol. The van der Waals surface area contributed by atoms with Gasteiger partial charge in [0.05, 0.1) is 24.5 Å². The van der Waals surface area contributed by atoms with Crippen LogP contribution in [-0.4, -0.2) is 42.2 Å². The van der Waals surface area contributed by atoms with Gasteiger partial charge in [0.25, 0.3) is 5.91 Å². The lowest BCUT2D eigenvalue weighted by Gasteiger charge is -2.26. The lowest BCUT2D eigenvalue weighted by molar-refractivity contribution is 0.102. The molecule has 116 valence electrons. The van der Waals surface area contributed by atoms with Gasteiger partial charge in [0.15, 0.2) is 0 Å². The molecule has 1 aliphatic rings. The van der Waals surface area contributed by atoms with Crippen LogP contribution in [-0.2, 0) is 4.74 Å². The number of hydrogen-bond acceptors (Lipinski definition) is 6. The zero-order valence-electron chi connectivity index (χ0n) is 12.4. The van der Waals surface area contributed by atoms with E-state index in [4.69, 9.17) is 10.00 Å². The Balaban J connectivity index is 1.78. The summed E-state index contributed by atoms with van der Waals surface area (Å²) in [5.74, 6) is 0.138. The Bertz CT molecular complexity index is 750. The minimum Gasteiger partial charge on any atom is -0.378 e. The van der Waals surface area contributed by atoms with Gasteiger partial charge in [-0.2, -0.15) is 5.26 Å². The Morgan fingerprint density at radius 3 is 2.83 bits per heavy atom. The molecule has 0 aliphatic carbocycles. The largest absolute Gasteiger partial charge is 0.378 e. The molecule has 2 aromatic rings. The molecule has 3 rings (SSSR count). The van der Waals surface area contributed by atoms with E-state index >= 15 is 0 Å². The third-order valence-corrected chi connectivity index (χ3v) is 3.47. The third kappa shape index (κ3) is 3.44. The summed E-state index contributed by atoms with van der Waals surface area (Å²) in [5.41, 5.74) is 1.13. The summed E-state index contributed by atoms with van der Waals surface area (Å²) in [4.78, 5) is 22.9. The Morgan fingerprint density at radius 1 is 1.26 bits per heavy atom. The molecule has 0 bridgehead atoms. The Kier molecular flexibility index (Phi) is 4.45. The van der Waals surface area contributed by atoms with E-state index in [0.29, 0.717) is 43.5 Å². The summed E-state index contributed by atoms with van der Waals surface area (Å²) in [5, 5.41) is 11.8. The Morgan fingerprint density at radius 2 is 2.04 bits per heavy atom. The Labute approximate surface area is 133 Å². The number of carbonyl (C=O) groups excluding carboxylic acids is 1. The van der Waals surface area contributed by atoms with Gasteiger partial charge in [-0.1, -0.05) is 12.1 Å². The molecule has 0 radical (unpaired) electrons. The van der Waals surface area contributed by atoms with Crippen LogP contribution in [0.2, 0.25) is 0 Å². The molecule has 0 atom stereocenters. The van der Waals surface area contributed by atoms with Crippen molar-refractivity contribution in [2.45, 2.75) is 0 Å². The summed E-state index contributed by atoms with van der Waals surface area (Å²) in [6, 6.07) is 10.4. The lowest BCUT2D eigenvalue weighted by Crippen LogP contribution is -2.37. The average molecular weight is 309 g/mol. The number of aromatic nitrogens is 2. The second kappa shape index (κ2) is 6.85. The Hall–Kier alpha value is -2.98. The molecule has 7 nitrogen and oxygen atoms in total. The number of para-hydroxylation sites is 1. The van der Waals surface area contributed by atoms with Crippen LogP contribution in [0.15, 0.2) is 36.5 Å². The zero-order valence-corrected chi connectivity index (χ0v) is 12.4. The molecule has 2 heterocycles. The number of nitrogens with one attached hydrogen (secondary N) is 1. The molecule has 23 heavy (non-hydrogen) atoms. The number of hydrogen-bond donors (Lipinski definition) is 1. The van der Waals surface area contributed by atoms with Crippen LogP contribution in [0, 0.1) is 11.3 Å². The number of ether oxygens (including phenoxy) is 1. The molecule has 7 heteroatoms. The number of anilines is 2. The van der Waals surface area contributed by atoms with Crippen molar-refractivity contribution < 1.29 is 9.53 Å². The van der Waals surface area contributed by atoms with E-state index in [1.165, 1.54) is 0 Å². The van der Waals surface area contributed by atoms with Crippen molar-refractivity contribution in [1.82, 2.24) is 9.97 Å².